The lowest BCUT2D eigenvalue weighted by atomic mass is 10.1. The maximum atomic E-state index is 5.94. The molecule has 4 aromatic heterocycles. The summed E-state index contributed by atoms with van der Waals surface area (Å²) >= 11 is 0. The van der Waals surface area contributed by atoms with Crippen molar-refractivity contribution in [2.75, 3.05) is 0 Å². The van der Waals surface area contributed by atoms with Gasteiger partial charge in [0.1, 0.15) is 11.3 Å². The highest BCUT2D eigenvalue weighted by atomic mass is 16.3. The predicted octanol–water partition coefficient (Wildman–Crippen LogP) is 7.78. The number of nitrogens with zero attached hydrogens (tertiary/aromatic N) is 6. The number of hydrogen-bond donors (Lipinski definition) is 0. The second kappa shape index (κ2) is 9.43. The monoisotopic (exact) mass is 528 g/mol. The summed E-state index contributed by atoms with van der Waals surface area (Å²) in [4.78, 5) is 28.7. The van der Waals surface area contributed by atoms with Gasteiger partial charge in [0, 0.05) is 27.5 Å². The summed E-state index contributed by atoms with van der Waals surface area (Å²) in [6.45, 7) is 0. The minimum atomic E-state index is 0.566. The van der Waals surface area contributed by atoms with E-state index in [1.807, 2.05) is 109 Å². The third-order valence-electron chi connectivity index (χ3n) is 7.03. The first-order chi connectivity index (χ1) is 20.3. The number of rotatable bonds is 4. The molecule has 41 heavy (non-hydrogen) atoms. The van der Waals surface area contributed by atoms with Crippen LogP contribution in [0.15, 0.2) is 126 Å². The van der Waals surface area contributed by atoms with Crippen LogP contribution in [0.5, 0.6) is 0 Å². The second-order valence-corrected chi connectivity index (χ2v) is 9.66. The van der Waals surface area contributed by atoms with Gasteiger partial charge in [-0.2, -0.15) is 0 Å². The molecular weight excluding hydrogens is 508 g/mol. The van der Waals surface area contributed by atoms with Crippen LogP contribution in [-0.2, 0) is 0 Å². The summed E-state index contributed by atoms with van der Waals surface area (Å²) in [7, 11) is 0. The Hall–Kier alpha value is -5.82. The molecule has 0 amide bonds. The molecule has 0 atom stereocenters. The van der Waals surface area contributed by atoms with Crippen LogP contribution in [0.4, 0.5) is 0 Å². The first kappa shape index (κ1) is 23.1. The number of fused-ring (bicyclic) bond motifs is 4. The van der Waals surface area contributed by atoms with Crippen LogP contribution in [0.2, 0.25) is 0 Å². The molecule has 0 unspecified atom stereocenters. The Labute approximate surface area is 234 Å². The van der Waals surface area contributed by atoms with Crippen LogP contribution in [0.1, 0.15) is 0 Å². The average Bonchev–Trinajstić information content (AvgIpc) is 3.43. The molecule has 7 nitrogen and oxygen atoms in total. The number of pyridine rings is 1. The van der Waals surface area contributed by atoms with Crippen molar-refractivity contribution < 1.29 is 4.42 Å². The van der Waals surface area contributed by atoms with E-state index in [1.54, 1.807) is 12.4 Å². The highest BCUT2D eigenvalue weighted by Crippen LogP contribution is 2.31. The molecule has 0 fully saturated rings. The highest BCUT2D eigenvalue weighted by molar-refractivity contribution is 6.05. The lowest BCUT2D eigenvalue weighted by Crippen LogP contribution is -2.00. The van der Waals surface area contributed by atoms with E-state index in [2.05, 4.69) is 9.97 Å². The Morgan fingerprint density at radius 2 is 1.07 bits per heavy atom. The Morgan fingerprint density at radius 3 is 1.80 bits per heavy atom. The van der Waals surface area contributed by atoms with E-state index in [9.17, 15) is 0 Å². The molecule has 0 saturated carbocycles. The van der Waals surface area contributed by atoms with Gasteiger partial charge in [0.05, 0.1) is 29.1 Å². The van der Waals surface area contributed by atoms with Crippen molar-refractivity contribution in [3.8, 4) is 45.6 Å². The van der Waals surface area contributed by atoms with Gasteiger partial charge in [-0.1, -0.05) is 78.9 Å². The van der Waals surface area contributed by atoms with Crippen LogP contribution in [0.25, 0.3) is 78.5 Å². The van der Waals surface area contributed by atoms with Crippen LogP contribution < -0.4 is 0 Å². The number of hydrogen-bond acceptors (Lipinski definition) is 7. The quantitative estimate of drug-likeness (QED) is 0.230. The standard InChI is InChI=1S/C34H20N6O/c1-3-9-21(10-4-1)32-38-33(22-11-5-2-6-12-22)40-34(39-32)23-15-16-26-28(17-23)37-29(19-35-26)27-18-25-24-13-7-8-14-30(24)41-31(25)20-36-27/h1-20H. The minimum absolute atomic E-state index is 0.566. The van der Waals surface area contributed by atoms with Crippen LogP contribution in [0, 0.1) is 0 Å². The van der Waals surface area contributed by atoms with E-state index in [0.717, 1.165) is 55.4 Å². The second-order valence-electron chi connectivity index (χ2n) is 9.66. The fourth-order valence-electron chi connectivity index (χ4n) is 4.98. The van der Waals surface area contributed by atoms with Crippen LogP contribution in [0.3, 0.4) is 0 Å². The van der Waals surface area contributed by atoms with E-state index in [4.69, 9.17) is 24.4 Å². The fraction of sp³-hybridized carbons (Fsp3) is 0. The number of benzene rings is 4. The molecule has 0 radical (unpaired) electrons. The summed E-state index contributed by atoms with van der Waals surface area (Å²) in [6, 6.07) is 35.7. The average molecular weight is 529 g/mol. The molecule has 8 aromatic rings. The summed E-state index contributed by atoms with van der Waals surface area (Å²) in [5, 5.41) is 2.04. The van der Waals surface area contributed by atoms with Crippen molar-refractivity contribution in [2.45, 2.75) is 0 Å². The van der Waals surface area contributed by atoms with Crippen LogP contribution in [-0.4, -0.2) is 29.9 Å². The van der Waals surface area contributed by atoms with Gasteiger partial charge in [-0.05, 0) is 30.3 Å². The molecule has 4 aromatic carbocycles. The first-order valence-electron chi connectivity index (χ1n) is 13.2. The van der Waals surface area contributed by atoms with Gasteiger partial charge in [0.25, 0.3) is 0 Å². The zero-order valence-corrected chi connectivity index (χ0v) is 21.6. The molecule has 0 N–H and O–H groups in total. The topological polar surface area (TPSA) is 90.5 Å². The molecule has 0 saturated heterocycles. The maximum absolute atomic E-state index is 5.94. The molecule has 8 rings (SSSR count). The zero-order valence-electron chi connectivity index (χ0n) is 21.6. The molecule has 0 spiro atoms. The third-order valence-corrected chi connectivity index (χ3v) is 7.03. The van der Waals surface area contributed by atoms with Gasteiger partial charge in [-0.3, -0.25) is 9.97 Å². The van der Waals surface area contributed by atoms with Crippen molar-refractivity contribution in [1.82, 2.24) is 29.9 Å². The Balaban J connectivity index is 1.25. The van der Waals surface area contributed by atoms with Crippen molar-refractivity contribution in [2.24, 2.45) is 0 Å². The van der Waals surface area contributed by atoms with Gasteiger partial charge >= 0.3 is 0 Å². The molecular formula is C34H20N6O. The van der Waals surface area contributed by atoms with Crippen molar-refractivity contribution in [3.05, 3.63) is 122 Å². The predicted molar refractivity (Wildman–Crippen MR) is 160 cm³/mol. The number of para-hydroxylation sites is 1. The van der Waals surface area contributed by atoms with Gasteiger partial charge < -0.3 is 4.42 Å². The maximum Gasteiger partial charge on any atom is 0.164 e. The molecule has 0 aliphatic heterocycles. The normalized spacial score (nSPS) is 11.4. The largest absolute Gasteiger partial charge is 0.454 e. The minimum Gasteiger partial charge on any atom is -0.454 e. The van der Waals surface area contributed by atoms with Crippen LogP contribution >= 0.6 is 0 Å². The van der Waals surface area contributed by atoms with E-state index < -0.39 is 0 Å². The van der Waals surface area contributed by atoms with Gasteiger partial charge in [0.15, 0.2) is 23.1 Å². The van der Waals surface area contributed by atoms with Gasteiger partial charge in [0.2, 0.25) is 0 Å². The van der Waals surface area contributed by atoms with Crippen molar-refractivity contribution in [1.29, 1.82) is 0 Å². The highest BCUT2D eigenvalue weighted by Gasteiger charge is 2.14. The molecule has 7 heteroatoms. The summed E-state index contributed by atoms with van der Waals surface area (Å²) < 4.78 is 5.94. The zero-order chi connectivity index (χ0) is 27.2. The molecule has 4 heterocycles. The number of aromatic nitrogens is 6. The number of furan rings is 1. The summed E-state index contributed by atoms with van der Waals surface area (Å²) in [6.07, 6.45) is 3.50. The van der Waals surface area contributed by atoms with Crippen molar-refractivity contribution >= 4 is 33.0 Å². The first-order valence-corrected chi connectivity index (χ1v) is 13.2. The third kappa shape index (κ3) is 4.17. The molecule has 0 aliphatic rings. The SMILES string of the molecule is c1ccc(-c2nc(-c3ccccc3)nc(-c3ccc4ncc(-c5cc6c(cn5)oc5ccccc56)nc4c3)n2)cc1. The fourth-order valence-corrected chi connectivity index (χ4v) is 4.98. The van der Waals surface area contributed by atoms with Gasteiger partial charge in [-0.25, -0.2) is 19.9 Å². The smallest absolute Gasteiger partial charge is 0.164 e. The Morgan fingerprint density at radius 1 is 0.415 bits per heavy atom. The van der Waals surface area contributed by atoms with E-state index in [-0.39, 0.29) is 0 Å². The Kier molecular flexibility index (Phi) is 5.31. The lowest BCUT2D eigenvalue weighted by Gasteiger charge is -2.09. The summed E-state index contributed by atoms with van der Waals surface area (Å²) in [5.41, 5.74) is 7.13. The molecule has 0 bridgehead atoms. The molecule has 192 valence electrons. The van der Waals surface area contributed by atoms with Crippen molar-refractivity contribution in [3.63, 3.8) is 0 Å². The van der Waals surface area contributed by atoms with E-state index in [1.165, 1.54) is 0 Å². The van der Waals surface area contributed by atoms with E-state index >= 15 is 0 Å². The van der Waals surface area contributed by atoms with E-state index in [0.29, 0.717) is 23.2 Å². The lowest BCUT2D eigenvalue weighted by molar-refractivity contribution is 0.667. The van der Waals surface area contributed by atoms with Gasteiger partial charge in [-0.15, -0.1) is 0 Å². The molecule has 0 aliphatic carbocycles. The summed E-state index contributed by atoms with van der Waals surface area (Å²) in [5.74, 6) is 1.79. The Bertz CT molecular complexity index is 2150.